The summed E-state index contributed by atoms with van der Waals surface area (Å²) < 4.78 is 5.62. The first-order chi connectivity index (χ1) is 12.1. The molecule has 2 heterocycles. The number of carbonyl (C=O) groups is 1. The number of benzene rings is 1. The molecule has 1 saturated heterocycles. The first kappa shape index (κ1) is 17.5. The van der Waals surface area contributed by atoms with Crippen LogP contribution in [0.4, 0.5) is 0 Å². The van der Waals surface area contributed by atoms with Gasteiger partial charge < -0.3 is 14.6 Å². The monoisotopic (exact) mass is 342 g/mol. The first-order valence-electron chi connectivity index (χ1n) is 8.79. The third kappa shape index (κ3) is 5.06. The molecule has 0 aliphatic carbocycles. The quantitative estimate of drug-likeness (QED) is 0.839. The molecule has 1 fully saturated rings. The zero-order chi connectivity index (χ0) is 17.6. The zero-order valence-electron chi connectivity index (χ0n) is 15.0. The van der Waals surface area contributed by atoms with E-state index in [0.717, 1.165) is 56.3 Å². The molecule has 0 spiro atoms. The molecule has 3 rings (SSSR count). The summed E-state index contributed by atoms with van der Waals surface area (Å²) in [6.45, 7) is 5.45. The average molecular weight is 342 g/mol. The van der Waals surface area contributed by atoms with E-state index in [1.807, 2.05) is 42.3 Å². The molecule has 6 heteroatoms. The van der Waals surface area contributed by atoms with Gasteiger partial charge in [0, 0.05) is 31.5 Å². The third-order valence-electron chi connectivity index (χ3n) is 4.37. The van der Waals surface area contributed by atoms with Gasteiger partial charge in [-0.2, -0.15) is 0 Å². The number of rotatable bonds is 7. The van der Waals surface area contributed by atoms with Crippen molar-refractivity contribution in [1.82, 2.24) is 19.8 Å². The van der Waals surface area contributed by atoms with Crippen LogP contribution in [-0.4, -0.2) is 52.4 Å². The fourth-order valence-corrected chi connectivity index (χ4v) is 3.06. The molecule has 1 aliphatic heterocycles. The van der Waals surface area contributed by atoms with Crippen LogP contribution < -0.4 is 4.74 Å². The maximum Gasteiger partial charge on any atom is 0.260 e. The highest BCUT2D eigenvalue weighted by Crippen LogP contribution is 2.15. The number of aryl methyl sites for hydroxylation is 1. The number of hydrogen-bond donors (Lipinski definition) is 1. The fraction of sp³-hybridized carbons (Fsp3) is 0.474. The number of nitrogens with zero attached hydrogens (tertiary/aromatic N) is 3. The van der Waals surface area contributed by atoms with Crippen molar-refractivity contribution in [3.63, 3.8) is 0 Å². The van der Waals surface area contributed by atoms with Crippen molar-refractivity contribution in [2.24, 2.45) is 0 Å². The van der Waals surface area contributed by atoms with Crippen LogP contribution in [0.2, 0.25) is 0 Å². The number of aromatic amines is 1. The Labute approximate surface area is 148 Å². The number of likely N-dealkylation sites (tertiary alicyclic amines) is 1. The number of nitrogens with one attached hydrogen (secondary N) is 1. The van der Waals surface area contributed by atoms with Crippen LogP contribution in [0.5, 0.6) is 5.75 Å². The molecule has 1 aliphatic rings. The molecule has 2 aromatic rings. The summed E-state index contributed by atoms with van der Waals surface area (Å²) in [6, 6.07) is 7.94. The van der Waals surface area contributed by atoms with E-state index >= 15 is 0 Å². The standard InChI is InChI=1S/C19H26N4O2/c1-15-11-20-18(21-15)13-22(2)12-16-5-7-17(8-6-16)25-14-19(24)23-9-3-4-10-23/h5-8,11H,3-4,9-10,12-14H2,1-2H3,(H,20,21). The minimum absolute atomic E-state index is 0.0788. The zero-order valence-corrected chi connectivity index (χ0v) is 15.0. The summed E-state index contributed by atoms with van der Waals surface area (Å²) in [5.41, 5.74) is 2.28. The average Bonchev–Trinajstić information content (AvgIpc) is 3.26. The number of carbonyl (C=O) groups excluding carboxylic acids is 1. The SMILES string of the molecule is Cc1cnc(CN(C)Cc2ccc(OCC(=O)N3CCCC3)cc2)[nH]1. The Hall–Kier alpha value is -2.34. The molecule has 0 unspecified atom stereocenters. The Kier molecular flexibility index (Phi) is 5.71. The highest BCUT2D eigenvalue weighted by atomic mass is 16.5. The number of amides is 1. The first-order valence-corrected chi connectivity index (χ1v) is 8.79. The van der Waals surface area contributed by atoms with Crippen molar-refractivity contribution in [2.75, 3.05) is 26.7 Å². The van der Waals surface area contributed by atoms with Gasteiger partial charge in [-0.15, -0.1) is 0 Å². The number of imidazole rings is 1. The Balaban J connectivity index is 1.45. The van der Waals surface area contributed by atoms with Gasteiger partial charge in [-0.05, 0) is 44.5 Å². The Morgan fingerprint density at radius 2 is 1.96 bits per heavy atom. The molecule has 0 radical (unpaired) electrons. The van der Waals surface area contributed by atoms with Gasteiger partial charge in [0.05, 0.1) is 6.54 Å². The summed E-state index contributed by atoms with van der Waals surface area (Å²) >= 11 is 0. The predicted molar refractivity (Wildman–Crippen MR) is 96.2 cm³/mol. The Morgan fingerprint density at radius 1 is 1.24 bits per heavy atom. The second kappa shape index (κ2) is 8.16. The highest BCUT2D eigenvalue weighted by Gasteiger charge is 2.18. The van der Waals surface area contributed by atoms with E-state index in [9.17, 15) is 4.79 Å². The minimum Gasteiger partial charge on any atom is -0.484 e. The lowest BCUT2D eigenvalue weighted by Crippen LogP contribution is -2.32. The van der Waals surface area contributed by atoms with Gasteiger partial charge in [0.25, 0.3) is 5.91 Å². The van der Waals surface area contributed by atoms with Gasteiger partial charge in [-0.1, -0.05) is 12.1 Å². The van der Waals surface area contributed by atoms with Crippen molar-refractivity contribution in [3.05, 3.63) is 47.5 Å². The van der Waals surface area contributed by atoms with Crippen LogP contribution >= 0.6 is 0 Å². The van der Waals surface area contributed by atoms with Crippen LogP contribution in [0.3, 0.4) is 0 Å². The maximum absolute atomic E-state index is 12.0. The predicted octanol–water partition coefficient (Wildman–Crippen LogP) is 2.35. The lowest BCUT2D eigenvalue weighted by atomic mass is 10.2. The summed E-state index contributed by atoms with van der Waals surface area (Å²) in [6.07, 6.45) is 4.05. The molecule has 25 heavy (non-hydrogen) atoms. The van der Waals surface area contributed by atoms with Crippen molar-refractivity contribution in [2.45, 2.75) is 32.9 Å². The Morgan fingerprint density at radius 3 is 2.60 bits per heavy atom. The van der Waals surface area contributed by atoms with Crippen LogP contribution in [-0.2, 0) is 17.9 Å². The molecule has 1 N–H and O–H groups in total. The smallest absolute Gasteiger partial charge is 0.260 e. The highest BCUT2D eigenvalue weighted by molar-refractivity contribution is 5.78. The molecule has 1 aromatic heterocycles. The van der Waals surface area contributed by atoms with Crippen LogP contribution in [0.1, 0.15) is 29.9 Å². The second-order valence-corrected chi connectivity index (χ2v) is 6.71. The van der Waals surface area contributed by atoms with Crippen molar-refractivity contribution < 1.29 is 9.53 Å². The van der Waals surface area contributed by atoms with E-state index < -0.39 is 0 Å². The van der Waals surface area contributed by atoms with Crippen molar-refractivity contribution >= 4 is 5.91 Å². The molecule has 0 saturated carbocycles. The van der Waals surface area contributed by atoms with E-state index in [1.54, 1.807) is 0 Å². The van der Waals surface area contributed by atoms with Crippen molar-refractivity contribution in [1.29, 1.82) is 0 Å². The Bertz CT molecular complexity index is 690. The molecule has 1 aromatic carbocycles. The lowest BCUT2D eigenvalue weighted by Gasteiger charge is -2.17. The third-order valence-corrected chi connectivity index (χ3v) is 4.37. The summed E-state index contributed by atoms with van der Waals surface area (Å²) in [7, 11) is 2.07. The van der Waals surface area contributed by atoms with Crippen molar-refractivity contribution in [3.8, 4) is 5.75 Å². The number of hydrogen-bond acceptors (Lipinski definition) is 4. The van der Waals surface area contributed by atoms with E-state index in [1.165, 1.54) is 5.56 Å². The summed E-state index contributed by atoms with van der Waals surface area (Å²) in [5.74, 6) is 1.79. The van der Waals surface area contributed by atoms with Gasteiger partial charge in [-0.3, -0.25) is 9.69 Å². The lowest BCUT2D eigenvalue weighted by molar-refractivity contribution is -0.132. The number of aromatic nitrogens is 2. The largest absolute Gasteiger partial charge is 0.484 e. The second-order valence-electron chi connectivity index (χ2n) is 6.71. The van der Waals surface area contributed by atoms with Gasteiger partial charge in [0.1, 0.15) is 11.6 Å². The molecule has 134 valence electrons. The van der Waals surface area contributed by atoms with Crippen LogP contribution in [0, 0.1) is 6.92 Å². The maximum atomic E-state index is 12.0. The van der Waals surface area contributed by atoms with Crippen LogP contribution in [0.25, 0.3) is 0 Å². The summed E-state index contributed by atoms with van der Waals surface area (Å²) in [5, 5.41) is 0. The molecule has 1 amide bonds. The van der Waals surface area contributed by atoms with Gasteiger partial charge in [-0.25, -0.2) is 4.98 Å². The van der Waals surface area contributed by atoms with Gasteiger partial charge >= 0.3 is 0 Å². The van der Waals surface area contributed by atoms with Crippen LogP contribution in [0.15, 0.2) is 30.5 Å². The van der Waals surface area contributed by atoms with E-state index in [0.29, 0.717) is 0 Å². The molecule has 6 nitrogen and oxygen atoms in total. The molecular formula is C19H26N4O2. The topological polar surface area (TPSA) is 61.5 Å². The summed E-state index contributed by atoms with van der Waals surface area (Å²) in [4.78, 5) is 23.6. The van der Waals surface area contributed by atoms with E-state index in [-0.39, 0.29) is 12.5 Å². The molecule has 0 atom stereocenters. The van der Waals surface area contributed by atoms with Gasteiger partial charge in [0.2, 0.25) is 0 Å². The minimum atomic E-state index is 0.0788. The van der Waals surface area contributed by atoms with Gasteiger partial charge in [0.15, 0.2) is 6.61 Å². The normalized spacial score (nSPS) is 14.3. The van der Waals surface area contributed by atoms with E-state index in [4.69, 9.17) is 4.74 Å². The number of ether oxygens (including phenoxy) is 1. The molecular weight excluding hydrogens is 316 g/mol. The molecule has 0 bridgehead atoms. The number of H-pyrrole nitrogens is 1. The fourth-order valence-electron chi connectivity index (χ4n) is 3.06. The van der Waals surface area contributed by atoms with E-state index in [2.05, 4.69) is 21.9 Å².